The third-order valence-electron chi connectivity index (χ3n) is 5.45. The number of nitro groups is 1. The van der Waals surface area contributed by atoms with E-state index < -0.39 is 4.92 Å². The standard InChI is InChI=1S/C24H22ClN3O4/c1-27(2)20-7-3-15(22(13-20)26-18-5-8-19(9-6-18)28(30)31)11-16-14-32-23-10-4-17(25)12-21(23)24(16)29/h3-10,12-13,16,26H,11,14H2,1-2H3. The molecule has 0 fully saturated rings. The Balaban J connectivity index is 1.62. The van der Waals surface area contributed by atoms with Crippen molar-refractivity contribution in [2.45, 2.75) is 6.42 Å². The van der Waals surface area contributed by atoms with Crippen LogP contribution in [-0.2, 0) is 6.42 Å². The number of halogens is 1. The van der Waals surface area contributed by atoms with E-state index in [-0.39, 0.29) is 17.4 Å². The number of ether oxygens (including phenoxy) is 1. The minimum absolute atomic E-state index is 0.00622. The Bertz CT molecular complexity index is 1180. The zero-order valence-corrected chi connectivity index (χ0v) is 18.4. The molecule has 32 heavy (non-hydrogen) atoms. The molecule has 3 aromatic carbocycles. The normalized spacial score (nSPS) is 15.0. The quantitative estimate of drug-likeness (QED) is 0.394. The van der Waals surface area contributed by atoms with E-state index in [1.165, 1.54) is 12.1 Å². The van der Waals surface area contributed by atoms with Crippen molar-refractivity contribution in [2.24, 2.45) is 5.92 Å². The molecule has 7 nitrogen and oxygen atoms in total. The molecule has 1 atom stereocenters. The lowest BCUT2D eigenvalue weighted by Gasteiger charge is -2.25. The van der Waals surface area contributed by atoms with Crippen LogP contribution in [0.4, 0.5) is 22.7 Å². The number of benzene rings is 3. The highest BCUT2D eigenvalue weighted by atomic mass is 35.5. The maximum absolute atomic E-state index is 13.1. The summed E-state index contributed by atoms with van der Waals surface area (Å²) in [7, 11) is 3.90. The van der Waals surface area contributed by atoms with E-state index in [4.69, 9.17) is 16.3 Å². The number of fused-ring (bicyclic) bond motifs is 1. The van der Waals surface area contributed by atoms with Gasteiger partial charge in [-0.15, -0.1) is 0 Å². The molecule has 0 bridgehead atoms. The van der Waals surface area contributed by atoms with Gasteiger partial charge in [0.05, 0.1) is 23.0 Å². The lowest BCUT2D eigenvalue weighted by atomic mass is 9.89. The van der Waals surface area contributed by atoms with Gasteiger partial charge in [0, 0.05) is 48.3 Å². The molecule has 1 aliphatic rings. The van der Waals surface area contributed by atoms with Crippen LogP contribution < -0.4 is 15.0 Å². The Morgan fingerprint density at radius 1 is 1.12 bits per heavy atom. The molecule has 0 aromatic heterocycles. The largest absolute Gasteiger partial charge is 0.492 e. The van der Waals surface area contributed by atoms with Crippen molar-refractivity contribution < 1.29 is 14.5 Å². The molecule has 0 saturated heterocycles. The summed E-state index contributed by atoms with van der Waals surface area (Å²) in [4.78, 5) is 25.6. The SMILES string of the molecule is CN(C)c1ccc(CC2COc3ccc(Cl)cc3C2=O)c(Nc2ccc([N+](=O)[O-])cc2)c1. The number of rotatable bonds is 6. The number of anilines is 3. The fraction of sp³-hybridized carbons (Fsp3) is 0.208. The Labute approximate surface area is 190 Å². The predicted octanol–water partition coefficient (Wildman–Crippen LogP) is 5.49. The number of ketones is 1. The Hall–Kier alpha value is -3.58. The molecule has 1 heterocycles. The summed E-state index contributed by atoms with van der Waals surface area (Å²) >= 11 is 6.08. The highest BCUT2D eigenvalue weighted by Gasteiger charge is 2.30. The molecule has 1 N–H and O–H groups in total. The summed E-state index contributed by atoms with van der Waals surface area (Å²) in [5.74, 6) is 0.220. The maximum Gasteiger partial charge on any atom is 0.269 e. The molecule has 164 valence electrons. The summed E-state index contributed by atoms with van der Waals surface area (Å²) in [6.07, 6.45) is 0.480. The molecule has 0 aliphatic carbocycles. The number of carbonyl (C=O) groups is 1. The fourth-order valence-corrected chi connectivity index (χ4v) is 3.85. The van der Waals surface area contributed by atoms with Crippen molar-refractivity contribution in [3.63, 3.8) is 0 Å². The lowest BCUT2D eigenvalue weighted by molar-refractivity contribution is -0.384. The molecular weight excluding hydrogens is 430 g/mol. The second kappa shape index (κ2) is 8.88. The van der Waals surface area contributed by atoms with Crippen LogP contribution in [0.5, 0.6) is 5.75 Å². The molecular formula is C24H22ClN3O4. The first-order chi connectivity index (χ1) is 15.3. The molecule has 1 aliphatic heterocycles. The van der Waals surface area contributed by atoms with Gasteiger partial charge in [0.2, 0.25) is 0 Å². The molecule has 3 aromatic rings. The van der Waals surface area contributed by atoms with Gasteiger partial charge >= 0.3 is 0 Å². The highest BCUT2D eigenvalue weighted by Crippen LogP contribution is 2.34. The van der Waals surface area contributed by atoms with Crippen molar-refractivity contribution in [1.29, 1.82) is 0 Å². The third kappa shape index (κ3) is 4.53. The van der Waals surface area contributed by atoms with Crippen LogP contribution in [0, 0.1) is 16.0 Å². The van der Waals surface area contributed by atoms with Gasteiger partial charge < -0.3 is 15.0 Å². The first-order valence-corrected chi connectivity index (χ1v) is 10.5. The Kier molecular flexibility index (Phi) is 6.01. The van der Waals surface area contributed by atoms with E-state index in [9.17, 15) is 14.9 Å². The number of non-ortho nitro benzene ring substituents is 1. The van der Waals surface area contributed by atoms with Crippen LogP contribution in [0.15, 0.2) is 60.7 Å². The lowest BCUT2D eigenvalue weighted by Crippen LogP contribution is -2.29. The summed E-state index contributed by atoms with van der Waals surface area (Å²) < 4.78 is 5.82. The van der Waals surface area contributed by atoms with E-state index >= 15 is 0 Å². The maximum atomic E-state index is 13.1. The molecule has 0 amide bonds. The van der Waals surface area contributed by atoms with E-state index in [0.29, 0.717) is 29.4 Å². The van der Waals surface area contributed by atoms with E-state index in [2.05, 4.69) is 5.32 Å². The van der Waals surface area contributed by atoms with Crippen LogP contribution >= 0.6 is 11.6 Å². The monoisotopic (exact) mass is 451 g/mol. The molecule has 0 spiro atoms. The third-order valence-corrected chi connectivity index (χ3v) is 5.69. The molecule has 8 heteroatoms. The number of nitrogens with one attached hydrogen (secondary N) is 1. The van der Waals surface area contributed by atoms with Crippen molar-refractivity contribution in [3.8, 4) is 5.75 Å². The molecule has 0 radical (unpaired) electrons. The Morgan fingerprint density at radius 3 is 2.56 bits per heavy atom. The fourth-order valence-electron chi connectivity index (χ4n) is 3.68. The van der Waals surface area contributed by atoms with Gasteiger partial charge in [-0.1, -0.05) is 17.7 Å². The summed E-state index contributed by atoms with van der Waals surface area (Å²) in [5, 5.41) is 14.8. The minimum atomic E-state index is -0.430. The second-order valence-corrected chi connectivity index (χ2v) is 8.32. The first kappa shape index (κ1) is 21.6. The van der Waals surface area contributed by atoms with Crippen LogP contribution in [-0.4, -0.2) is 31.4 Å². The van der Waals surface area contributed by atoms with Crippen LogP contribution in [0.1, 0.15) is 15.9 Å². The van der Waals surface area contributed by atoms with Gasteiger partial charge in [-0.25, -0.2) is 0 Å². The number of nitrogens with zero attached hydrogens (tertiary/aromatic N) is 2. The van der Waals surface area contributed by atoms with Crippen LogP contribution in [0.2, 0.25) is 5.02 Å². The highest BCUT2D eigenvalue weighted by molar-refractivity contribution is 6.31. The topological polar surface area (TPSA) is 84.7 Å². The molecule has 4 rings (SSSR count). The van der Waals surface area contributed by atoms with Crippen molar-refractivity contribution >= 4 is 40.1 Å². The van der Waals surface area contributed by atoms with Crippen molar-refractivity contribution in [3.05, 3.63) is 86.9 Å². The van der Waals surface area contributed by atoms with Gasteiger partial charge in [0.1, 0.15) is 5.75 Å². The van der Waals surface area contributed by atoms with Crippen molar-refractivity contribution in [1.82, 2.24) is 0 Å². The van der Waals surface area contributed by atoms with Gasteiger partial charge in [-0.2, -0.15) is 0 Å². The number of hydrogen-bond acceptors (Lipinski definition) is 6. The van der Waals surface area contributed by atoms with Crippen molar-refractivity contribution in [2.75, 3.05) is 30.9 Å². The van der Waals surface area contributed by atoms with E-state index in [1.54, 1.807) is 30.3 Å². The smallest absolute Gasteiger partial charge is 0.269 e. The van der Waals surface area contributed by atoms with E-state index in [0.717, 1.165) is 22.6 Å². The van der Waals surface area contributed by atoms with Gasteiger partial charge in [0.25, 0.3) is 5.69 Å². The minimum Gasteiger partial charge on any atom is -0.492 e. The molecule has 1 unspecified atom stereocenters. The Morgan fingerprint density at radius 2 is 1.88 bits per heavy atom. The average molecular weight is 452 g/mol. The van der Waals surface area contributed by atoms with Crippen LogP contribution in [0.3, 0.4) is 0 Å². The van der Waals surface area contributed by atoms with Gasteiger partial charge in [0.15, 0.2) is 5.78 Å². The predicted molar refractivity (Wildman–Crippen MR) is 126 cm³/mol. The second-order valence-electron chi connectivity index (χ2n) is 7.88. The summed E-state index contributed by atoms with van der Waals surface area (Å²) in [6.45, 7) is 0.292. The number of carbonyl (C=O) groups excluding carboxylic acids is 1. The van der Waals surface area contributed by atoms with Crippen LogP contribution in [0.25, 0.3) is 0 Å². The average Bonchev–Trinajstić information content (AvgIpc) is 2.77. The van der Waals surface area contributed by atoms with E-state index in [1.807, 2.05) is 37.2 Å². The zero-order chi connectivity index (χ0) is 22.8. The number of Topliss-reactive ketones (excluding diaryl/α,β-unsaturated/α-hetero) is 1. The first-order valence-electron chi connectivity index (χ1n) is 10.1. The van der Waals surface area contributed by atoms with Gasteiger partial charge in [-0.3, -0.25) is 14.9 Å². The molecule has 0 saturated carbocycles. The van der Waals surface area contributed by atoms with Gasteiger partial charge in [-0.05, 0) is 54.4 Å². The number of hydrogen-bond donors (Lipinski definition) is 1. The number of nitro benzene ring substituents is 1. The summed E-state index contributed by atoms with van der Waals surface area (Å²) in [5.41, 5.74) is 4.01. The zero-order valence-electron chi connectivity index (χ0n) is 17.7. The summed E-state index contributed by atoms with van der Waals surface area (Å²) in [6, 6.07) is 17.3.